The average Bonchev–Trinajstić information content (AvgIpc) is 2.76. The molecule has 110 valence electrons. The number of carbonyl (C=O) groups excluding carboxylic acids is 2. The van der Waals surface area contributed by atoms with Gasteiger partial charge in [-0.05, 0) is 18.2 Å². The molecular weight excluding hydrogens is 290 g/mol. The van der Waals surface area contributed by atoms with Gasteiger partial charge in [0.05, 0.1) is 5.57 Å². The lowest BCUT2D eigenvalue weighted by Crippen LogP contribution is -2.46. The van der Waals surface area contributed by atoms with Crippen LogP contribution in [-0.4, -0.2) is 47.8 Å². The fraction of sp³-hybridized carbons (Fsp3) is 0.333. The van der Waals surface area contributed by atoms with Crippen molar-refractivity contribution in [2.24, 2.45) is 0 Å². The summed E-state index contributed by atoms with van der Waals surface area (Å²) < 4.78 is 0. The van der Waals surface area contributed by atoms with Crippen molar-refractivity contribution in [2.45, 2.75) is 6.92 Å². The number of benzene rings is 1. The second kappa shape index (κ2) is 5.41. The number of carbonyl (C=O) groups is 2. The third-order valence-electron chi connectivity index (χ3n) is 3.84. The summed E-state index contributed by atoms with van der Waals surface area (Å²) >= 11 is 6.01. The molecule has 5 nitrogen and oxygen atoms in total. The number of hydrogen-bond acceptors (Lipinski definition) is 3. The Morgan fingerprint density at radius 3 is 2.67 bits per heavy atom. The molecule has 1 aromatic carbocycles. The summed E-state index contributed by atoms with van der Waals surface area (Å²) in [7, 11) is 0. The first-order chi connectivity index (χ1) is 10.0. The van der Waals surface area contributed by atoms with Gasteiger partial charge in [0.25, 0.3) is 5.91 Å². The van der Waals surface area contributed by atoms with E-state index in [0.717, 1.165) is 24.3 Å². The number of hydrogen-bond donors (Lipinski definition) is 1. The summed E-state index contributed by atoms with van der Waals surface area (Å²) in [6, 6.07) is 5.37. The van der Waals surface area contributed by atoms with E-state index in [-0.39, 0.29) is 11.8 Å². The molecule has 2 aliphatic rings. The summed E-state index contributed by atoms with van der Waals surface area (Å²) in [6.45, 7) is 4.40. The number of rotatable bonds is 1. The predicted molar refractivity (Wildman–Crippen MR) is 81.9 cm³/mol. The summed E-state index contributed by atoms with van der Waals surface area (Å²) in [5, 5.41) is 3.44. The maximum Gasteiger partial charge on any atom is 0.257 e. The van der Waals surface area contributed by atoms with Crippen LogP contribution >= 0.6 is 11.6 Å². The molecular formula is C15H16ClN3O2. The second-order valence-electron chi connectivity index (χ2n) is 5.23. The van der Waals surface area contributed by atoms with Crippen molar-refractivity contribution >= 4 is 34.7 Å². The number of nitrogens with one attached hydrogen (secondary N) is 1. The van der Waals surface area contributed by atoms with Crippen molar-refractivity contribution < 1.29 is 9.59 Å². The minimum Gasteiger partial charge on any atom is -0.373 e. The molecule has 6 heteroatoms. The highest BCUT2D eigenvalue weighted by Crippen LogP contribution is 2.34. The van der Waals surface area contributed by atoms with Crippen LogP contribution in [0.5, 0.6) is 0 Å². The van der Waals surface area contributed by atoms with E-state index in [9.17, 15) is 9.59 Å². The molecule has 0 unspecified atom stereocenters. The van der Waals surface area contributed by atoms with Crippen LogP contribution < -0.4 is 5.32 Å². The number of nitrogens with zero attached hydrogens (tertiary/aromatic N) is 2. The van der Waals surface area contributed by atoms with Crippen LogP contribution in [0.2, 0.25) is 5.02 Å². The molecule has 3 rings (SSSR count). The monoisotopic (exact) mass is 305 g/mol. The van der Waals surface area contributed by atoms with Gasteiger partial charge in [0.2, 0.25) is 5.91 Å². The molecule has 0 aliphatic carbocycles. The van der Waals surface area contributed by atoms with Crippen LogP contribution in [0.15, 0.2) is 24.4 Å². The van der Waals surface area contributed by atoms with E-state index in [2.05, 4.69) is 10.2 Å². The summed E-state index contributed by atoms with van der Waals surface area (Å²) in [6.07, 6.45) is 1.87. The average molecular weight is 306 g/mol. The first kappa shape index (κ1) is 13.9. The highest BCUT2D eigenvalue weighted by molar-refractivity contribution is 6.34. The lowest BCUT2D eigenvalue weighted by molar-refractivity contribution is -0.130. The molecule has 2 heterocycles. The number of fused-ring (bicyclic) bond motifs is 1. The lowest BCUT2D eigenvalue weighted by Gasteiger charge is -2.33. The number of halogens is 1. The third kappa shape index (κ3) is 2.74. The Bertz CT molecular complexity index is 634. The van der Waals surface area contributed by atoms with E-state index in [0.29, 0.717) is 23.7 Å². The van der Waals surface area contributed by atoms with Crippen molar-refractivity contribution in [1.82, 2.24) is 9.80 Å². The fourth-order valence-electron chi connectivity index (χ4n) is 2.64. The van der Waals surface area contributed by atoms with E-state index < -0.39 is 0 Å². The molecule has 1 saturated heterocycles. The maximum atomic E-state index is 12.1. The van der Waals surface area contributed by atoms with Gasteiger partial charge < -0.3 is 15.1 Å². The van der Waals surface area contributed by atoms with Crippen LogP contribution in [0.1, 0.15) is 12.5 Å². The van der Waals surface area contributed by atoms with E-state index in [1.807, 2.05) is 17.2 Å². The Labute approximate surface area is 128 Å². The van der Waals surface area contributed by atoms with Crippen LogP contribution in [0.25, 0.3) is 5.57 Å². The number of piperazine rings is 1. The van der Waals surface area contributed by atoms with Gasteiger partial charge in [0, 0.05) is 55.6 Å². The van der Waals surface area contributed by atoms with Gasteiger partial charge in [-0.25, -0.2) is 0 Å². The Kier molecular flexibility index (Phi) is 3.59. The molecule has 2 aliphatic heterocycles. The van der Waals surface area contributed by atoms with Crippen molar-refractivity contribution in [3.05, 3.63) is 35.0 Å². The Balaban J connectivity index is 1.80. The SMILES string of the molecule is CC(=O)N1CCN(/C=C2/C(=O)Nc3ccc(Cl)cc32)CC1. The van der Waals surface area contributed by atoms with Gasteiger partial charge in [0.15, 0.2) is 0 Å². The van der Waals surface area contributed by atoms with E-state index in [4.69, 9.17) is 11.6 Å². The normalized spacial score (nSPS) is 19.7. The van der Waals surface area contributed by atoms with Crippen molar-refractivity contribution in [3.8, 4) is 0 Å². The van der Waals surface area contributed by atoms with Gasteiger partial charge in [-0.15, -0.1) is 0 Å². The van der Waals surface area contributed by atoms with E-state index in [1.165, 1.54) is 0 Å². The van der Waals surface area contributed by atoms with Crippen LogP contribution in [0.3, 0.4) is 0 Å². The van der Waals surface area contributed by atoms with Gasteiger partial charge in [-0.2, -0.15) is 0 Å². The molecule has 0 aromatic heterocycles. The van der Waals surface area contributed by atoms with Crippen molar-refractivity contribution in [2.75, 3.05) is 31.5 Å². The summed E-state index contributed by atoms with van der Waals surface area (Å²) in [5.74, 6) is -0.0145. The molecule has 1 aromatic rings. The Hall–Kier alpha value is -2.01. The van der Waals surface area contributed by atoms with Crippen LogP contribution in [-0.2, 0) is 9.59 Å². The minimum absolute atomic E-state index is 0.0954. The molecule has 0 spiro atoms. The van der Waals surface area contributed by atoms with Crippen LogP contribution in [0, 0.1) is 0 Å². The fourth-order valence-corrected chi connectivity index (χ4v) is 2.81. The second-order valence-corrected chi connectivity index (χ2v) is 5.67. The van der Waals surface area contributed by atoms with E-state index >= 15 is 0 Å². The molecule has 0 radical (unpaired) electrons. The van der Waals surface area contributed by atoms with Crippen molar-refractivity contribution in [3.63, 3.8) is 0 Å². The van der Waals surface area contributed by atoms with Crippen LogP contribution in [0.4, 0.5) is 5.69 Å². The van der Waals surface area contributed by atoms with Crippen molar-refractivity contribution in [1.29, 1.82) is 0 Å². The quantitative estimate of drug-likeness (QED) is 0.805. The molecule has 1 N–H and O–H groups in total. The summed E-state index contributed by atoms with van der Waals surface area (Å²) in [5.41, 5.74) is 2.25. The number of amides is 2. The van der Waals surface area contributed by atoms with Gasteiger partial charge in [-0.1, -0.05) is 11.6 Å². The largest absolute Gasteiger partial charge is 0.373 e. The topological polar surface area (TPSA) is 52.7 Å². The summed E-state index contributed by atoms with van der Waals surface area (Å²) in [4.78, 5) is 27.3. The molecule has 1 fully saturated rings. The number of anilines is 1. The third-order valence-corrected chi connectivity index (χ3v) is 4.07. The zero-order chi connectivity index (χ0) is 15.0. The predicted octanol–water partition coefficient (Wildman–Crippen LogP) is 1.80. The Morgan fingerprint density at radius 2 is 2.00 bits per heavy atom. The molecule has 2 amide bonds. The Morgan fingerprint density at radius 1 is 1.29 bits per heavy atom. The van der Waals surface area contributed by atoms with Gasteiger partial charge in [0.1, 0.15) is 0 Å². The highest BCUT2D eigenvalue weighted by atomic mass is 35.5. The molecule has 0 bridgehead atoms. The first-order valence-corrected chi connectivity index (χ1v) is 7.25. The molecule has 0 saturated carbocycles. The standard InChI is InChI=1S/C15H16ClN3O2/c1-10(20)19-6-4-18(5-7-19)9-13-12-8-11(16)2-3-14(12)17-15(13)21/h2-3,8-9H,4-7H2,1H3,(H,17,21)/b13-9+. The smallest absolute Gasteiger partial charge is 0.257 e. The lowest BCUT2D eigenvalue weighted by atomic mass is 10.1. The van der Waals surface area contributed by atoms with E-state index in [1.54, 1.807) is 19.1 Å². The van der Waals surface area contributed by atoms with Gasteiger partial charge in [-0.3, -0.25) is 9.59 Å². The first-order valence-electron chi connectivity index (χ1n) is 6.87. The highest BCUT2D eigenvalue weighted by Gasteiger charge is 2.26. The molecule has 0 atom stereocenters. The maximum absolute atomic E-state index is 12.1. The molecule has 21 heavy (non-hydrogen) atoms. The zero-order valence-corrected chi connectivity index (χ0v) is 12.5. The zero-order valence-electron chi connectivity index (χ0n) is 11.7. The van der Waals surface area contributed by atoms with Gasteiger partial charge >= 0.3 is 0 Å². The minimum atomic E-state index is -0.110.